The first-order chi connectivity index (χ1) is 9.24. The number of nitrogens with zero attached hydrogens (tertiary/aromatic N) is 2. The molecule has 4 rings (SSSR count). The van der Waals surface area contributed by atoms with Crippen molar-refractivity contribution < 1.29 is 0 Å². The van der Waals surface area contributed by atoms with E-state index in [0.717, 1.165) is 15.5 Å². The number of benzene rings is 2. The van der Waals surface area contributed by atoms with Crippen molar-refractivity contribution in [3.8, 4) is 0 Å². The minimum absolute atomic E-state index is 0.0471. The first-order valence-electron chi connectivity index (χ1n) is 5.83. The molecule has 2 aromatic heterocycles. The molecule has 2 heterocycles. The molecule has 0 aliphatic rings. The molecule has 5 heteroatoms. The molecule has 4 aromatic rings. The highest BCUT2D eigenvalue weighted by Gasteiger charge is 2.10. The second-order valence-corrected chi connectivity index (χ2v) is 5.30. The predicted octanol–water partition coefficient (Wildman–Crippen LogP) is 3.09. The topological polar surface area (TPSA) is 50.2 Å². The molecule has 92 valence electrons. The molecule has 0 saturated heterocycles. The molecule has 0 fully saturated rings. The number of halogens is 1. The zero-order valence-electron chi connectivity index (χ0n) is 9.72. The first kappa shape index (κ1) is 10.8. The Morgan fingerprint density at radius 1 is 1.16 bits per heavy atom. The average molecular weight is 314 g/mol. The van der Waals surface area contributed by atoms with Crippen LogP contribution in [0.2, 0.25) is 0 Å². The standard InChI is InChI=1S/C14H8BrN3O/c15-8-5-6-12-11(7-8)17-14-16-10-4-2-1-3-9(10)13(19)18(12)14/h1-7H,(H,16,17). The minimum atomic E-state index is -0.0471. The van der Waals surface area contributed by atoms with E-state index in [1.54, 1.807) is 10.5 Å². The Balaban J connectivity index is 2.33. The van der Waals surface area contributed by atoms with Crippen LogP contribution >= 0.6 is 15.9 Å². The van der Waals surface area contributed by atoms with Gasteiger partial charge in [-0.25, -0.2) is 9.38 Å². The van der Waals surface area contributed by atoms with Crippen LogP contribution in [0.5, 0.6) is 0 Å². The van der Waals surface area contributed by atoms with Crippen LogP contribution in [-0.2, 0) is 0 Å². The third kappa shape index (κ3) is 1.45. The van der Waals surface area contributed by atoms with Crippen LogP contribution in [0, 0.1) is 0 Å². The van der Waals surface area contributed by atoms with Gasteiger partial charge in [0, 0.05) is 4.47 Å². The van der Waals surface area contributed by atoms with E-state index in [0.29, 0.717) is 16.7 Å². The summed E-state index contributed by atoms with van der Waals surface area (Å²) in [7, 11) is 0. The van der Waals surface area contributed by atoms with Gasteiger partial charge in [0.1, 0.15) is 0 Å². The van der Waals surface area contributed by atoms with Crippen LogP contribution in [0.4, 0.5) is 0 Å². The average Bonchev–Trinajstić information content (AvgIpc) is 2.76. The highest BCUT2D eigenvalue weighted by atomic mass is 79.9. The lowest BCUT2D eigenvalue weighted by Gasteiger charge is -1.98. The number of imidazole rings is 1. The lowest BCUT2D eigenvalue weighted by atomic mass is 10.2. The third-order valence-corrected chi connectivity index (χ3v) is 3.71. The Morgan fingerprint density at radius 2 is 2.00 bits per heavy atom. The highest BCUT2D eigenvalue weighted by Crippen LogP contribution is 2.20. The van der Waals surface area contributed by atoms with Crippen molar-refractivity contribution in [2.45, 2.75) is 0 Å². The van der Waals surface area contributed by atoms with Gasteiger partial charge in [-0.1, -0.05) is 28.1 Å². The predicted molar refractivity (Wildman–Crippen MR) is 78.5 cm³/mol. The van der Waals surface area contributed by atoms with Gasteiger partial charge in [0.2, 0.25) is 5.78 Å². The molecule has 19 heavy (non-hydrogen) atoms. The summed E-state index contributed by atoms with van der Waals surface area (Å²) in [4.78, 5) is 20.2. The van der Waals surface area contributed by atoms with E-state index in [1.807, 2.05) is 36.4 Å². The van der Waals surface area contributed by atoms with E-state index in [9.17, 15) is 4.79 Å². The van der Waals surface area contributed by atoms with Gasteiger partial charge in [0.05, 0.1) is 21.9 Å². The molecule has 0 radical (unpaired) electrons. The Kier molecular flexibility index (Phi) is 2.08. The SMILES string of the molecule is O=c1c2ccccc2nc2[nH]c3cc(Br)ccc3n12. The summed E-state index contributed by atoms with van der Waals surface area (Å²) in [6.45, 7) is 0. The summed E-state index contributed by atoms with van der Waals surface area (Å²) in [5.41, 5.74) is 2.38. The van der Waals surface area contributed by atoms with E-state index < -0.39 is 0 Å². The van der Waals surface area contributed by atoms with Crippen molar-refractivity contribution in [3.63, 3.8) is 0 Å². The maximum Gasteiger partial charge on any atom is 0.267 e. The summed E-state index contributed by atoms with van der Waals surface area (Å²) in [6.07, 6.45) is 0. The molecule has 0 amide bonds. The third-order valence-electron chi connectivity index (χ3n) is 3.22. The maximum absolute atomic E-state index is 12.5. The van der Waals surface area contributed by atoms with E-state index in [1.165, 1.54) is 0 Å². The van der Waals surface area contributed by atoms with Crippen molar-refractivity contribution in [1.82, 2.24) is 14.4 Å². The van der Waals surface area contributed by atoms with Crippen molar-refractivity contribution in [2.24, 2.45) is 0 Å². The van der Waals surface area contributed by atoms with E-state index in [-0.39, 0.29) is 5.56 Å². The van der Waals surface area contributed by atoms with Crippen LogP contribution in [0.15, 0.2) is 51.7 Å². The van der Waals surface area contributed by atoms with Crippen LogP contribution in [0.25, 0.3) is 27.7 Å². The van der Waals surface area contributed by atoms with E-state index in [4.69, 9.17) is 0 Å². The molecular formula is C14H8BrN3O. The number of hydrogen-bond donors (Lipinski definition) is 1. The number of hydrogen-bond acceptors (Lipinski definition) is 2. The van der Waals surface area contributed by atoms with Gasteiger partial charge in [-0.15, -0.1) is 0 Å². The number of para-hydroxylation sites is 1. The summed E-state index contributed by atoms with van der Waals surface area (Å²) in [5, 5.41) is 0.629. The number of H-pyrrole nitrogens is 1. The Labute approximate surface area is 115 Å². The summed E-state index contributed by atoms with van der Waals surface area (Å²) in [5.74, 6) is 0.566. The van der Waals surface area contributed by atoms with Crippen LogP contribution in [0.3, 0.4) is 0 Å². The highest BCUT2D eigenvalue weighted by molar-refractivity contribution is 9.10. The van der Waals surface area contributed by atoms with E-state index in [2.05, 4.69) is 25.9 Å². The van der Waals surface area contributed by atoms with Gasteiger partial charge in [-0.2, -0.15) is 0 Å². The summed E-state index contributed by atoms with van der Waals surface area (Å²) in [6, 6.07) is 13.1. The van der Waals surface area contributed by atoms with Gasteiger partial charge in [-0.05, 0) is 30.3 Å². The largest absolute Gasteiger partial charge is 0.323 e. The van der Waals surface area contributed by atoms with E-state index >= 15 is 0 Å². The molecule has 0 aliphatic heterocycles. The number of nitrogens with one attached hydrogen (secondary N) is 1. The van der Waals surface area contributed by atoms with Crippen LogP contribution < -0.4 is 5.56 Å². The van der Waals surface area contributed by atoms with Gasteiger partial charge < -0.3 is 4.98 Å². The second-order valence-electron chi connectivity index (χ2n) is 4.38. The molecule has 2 aromatic carbocycles. The monoisotopic (exact) mass is 313 g/mol. The van der Waals surface area contributed by atoms with Crippen LogP contribution in [-0.4, -0.2) is 14.4 Å². The maximum atomic E-state index is 12.5. The lowest BCUT2D eigenvalue weighted by molar-refractivity contribution is 1.12. The molecule has 1 N–H and O–H groups in total. The van der Waals surface area contributed by atoms with Crippen molar-refractivity contribution in [2.75, 3.05) is 0 Å². The van der Waals surface area contributed by atoms with Crippen molar-refractivity contribution in [3.05, 3.63) is 57.3 Å². The number of fused-ring (bicyclic) bond motifs is 4. The van der Waals surface area contributed by atoms with Crippen LogP contribution in [0.1, 0.15) is 0 Å². The smallest absolute Gasteiger partial charge is 0.267 e. The number of aromatic nitrogens is 3. The van der Waals surface area contributed by atoms with Gasteiger partial charge in [-0.3, -0.25) is 4.79 Å². The fourth-order valence-electron chi connectivity index (χ4n) is 2.36. The first-order valence-corrected chi connectivity index (χ1v) is 6.62. The van der Waals surface area contributed by atoms with Gasteiger partial charge in [0.15, 0.2) is 0 Å². The van der Waals surface area contributed by atoms with Crippen molar-refractivity contribution >= 4 is 43.6 Å². The summed E-state index contributed by atoms with van der Waals surface area (Å²) < 4.78 is 2.58. The number of aromatic amines is 1. The molecule has 0 unspecified atom stereocenters. The molecule has 4 nitrogen and oxygen atoms in total. The zero-order chi connectivity index (χ0) is 13.0. The fraction of sp³-hybridized carbons (Fsp3) is 0. The van der Waals surface area contributed by atoms with Gasteiger partial charge in [0.25, 0.3) is 5.56 Å². The molecule has 0 atom stereocenters. The second kappa shape index (κ2) is 3.68. The molecule has 0 spiro atoms. The Hall–Kier alpha value is -2.14. The fourth-order valence-corrected chi connectivity index (χ4v) is 2.72. The molecule has 0 saturated carbocycles. The lowest BCUT2D eigenvalue weighted by Crippen LogP contribution is -2.13. The molecule has 0 bridgehead atoms. The molecule has 0 aliphatic carbocycles. The quantitative estimate of drug-likeness (QED) is 0.542. The Morgan fingerprint density at radius 3 is 2.89 bits per heavy atom. The molecular weight excluding hydrogens is 306 g/mol. The number of rotatable bonds is 0. The minimum Gasteiger partial charge on any atom is -0.323 e. The van der Waals surface area contributed by atoms with Gasteiger partial charge >= 0.3 is 0 Å². The Bertz CT molecular complexity index is 1000. The summed E-state index contributed by atoms with van der Waals surface area (Å²) >= 11 is 3.42. The van der Waals surface area contributed by atoms with Crippen molar-refractivity contribution in [1.29, 1.82) is 0 Å². The normalized spacial score (nSPS) is 11.6. The zero-order valence-corrected chi connectivity index (χ0v) is 11.3.